The zero-order valence-electron chi connectivity index (χ0n) is 11.9. The van der Waals surface area contributed by atoms with Crippen molar-refractivity contribution in [2.24, 2.45) is 0 Å². The number of hydrogen-bond acceptors (Lipinski definition) is 4. The number of nitro benzene ring substituents is 1. The molecule has 1 aromatic rings. The van der Waals surface area contributed by atoms with Gasteiger partial charge in [0.2, 0.25) is 0 Å². The summed E-state index contributed by atoms with van der Waals surface area (Å²) in [6.45, 7) is 1.91. The van der Waals surface area contributed by atoms with Crippen molar-refractivity contribution in [2.45, 2.75) is 37.1 Å². The maximum absolute atomic E-state index is 10.7. The molecule has 0 bridgehead atoms. The summed E-state index contributed by atoms with van der Waals surface area (Å²) < 4.78 is 0. The van der Waals surface area contributed by atoms with Gasteiger partial charge in [-0.15, -0.1) is 11.6 Å². The second-order valence-electron chi connectivity index (χ2n) is 5.47. The highest BCUT2D eigenvalue weighted by atomic mass is 35.5. The van der Waals surface area contributed by atoms with Gasteiger partial charge in [0.15, 0.2) is 0 Å². The van der Waals surface area contributed by atoms with Crippen molar-refractivity contribution in [3.8, 4) is 0 Å². The van der Waals surface area contributed by atoms with E-state index in [9.17, 15) is 10.1 Å². The average molecular weight is 313 g/mol. The van der Waals surface area contributed by atoms with Crippen LogP contribution >= 0.6 is 11.6 Å². The van der Waals surface area contributed by atoms with E-state index in [0.717, 1.165) is 31.4 Å². The van der Waals surface area contributed by atoms with Crippen LogP contribution in [0.1, 0.15) is 36.6 Å². The molecule has 1 heterocycles. The van der Waals surface area contributed by atoms with Crippen LogP contribution in [0.25, 0.3) is 0 Å². The smallest absolute Gasteiger partial charge is 0.269 e. The quantitative estimate of drug-likeness (QED) is 0.498. The van der Waals surface area contributed by atoms with Crippen LogP contribution in [0, 0.1) is 10.1 Å². The highest BCUT2D eigenvalue weighted by Crippen LogP contribution is 2.28. The SMILES string of the molecule is O=[N+]([O-])c1ccc(C(Cl)CN2CCCCC2CCO)cc1. The Morgan fingerprint density at radius 3 is 2.71 bits per heavy atom. The minimum Gasteiger partial charge on any atom is -0.396 e. The van der Waals surface area contributed by atoms with Gasteiger partial charge in [-0.05, 0) is 31.4 Å². The number of rotatable bonds is 6. The van der Waals surface area contributed by atoms with Gasteiger partial charge >= 0.3 is 0 Å². The van der Waals surface area contributed by atoms with E-state index in [2.05, 4.69) is 4.90 Å². The van der Waals surface area contributed by atoms with Gasteiger partial charge in [-0.1, -0.05) is 18.6 Å². The topological polar surface area (TPSA) is 66.6 Å². The lowest BCUT2D eigenvalue weighted by Gasteiger charge is -2.36. The molecule has 116 valence electrons. The van der Waals surface area contributed by atoms with Crippen molar-refractivity contribution in [3.05, 3.63) is 39.9 Å². The lowest BCUT2D eigenvalue weighted by molar-refractivity contribution is -0.384. The summed E-state index contributed by atoms with van der Waals surface area (Å²) in [7, 11) is 0. The molecule has 1 aromatic carbocycles. The van der Waals surface area contributed by atoms with Crippen molar-refractivity contribution < 1.29 is 10.0 Å². The van der Waals surface area contributed by atoms with Gasteiger partial charge in [0.25, 0.3) is 5.69 Å². The molecule has 2 rings (SSSR count). The van der Waals surface area contributed by atoms with Crippen LogP contribution in [-0.4, -0.2) is 40.7 Å². The first-order valence-electron chi connectivity index (χ1n) is 7.35. The van der Waals surface area contributed by atoms with E-state index < -0.39 is 4.92 Å². The van der Waals surface area contributed by atoms with E-state index in [0.29, 0.717) is 12.6 Å². The van der Waals surface area contributed by atoms with E-state index in [1.165, 1.54) is 18.6 Å². The second kappa shape index (κ2) is 7.73. The number of likely N-dealkylation sites (tertiary alicyclic amines) is 1. The van der Waals surface area contributed by atoms with E-state index in [1.54, 1.807) is 12.1 Å². The van der Waals surface area contributed by atoms with E-state index in [1.807, 2.05) is 0 Å². The highest BCUT2D eigenvalue weighted by Gasteiger charge is 2.24. The summed E-state index contributed by atoms with van der Waals surface area (Å²) in [6.07, 6.45) is 4.24. The third-order valence-corrected chi connectivity index (χ3v) is 4.46. The first-order chi connectivity index (χ1) is 10.1. The Balaban J connectivity index is 1.98. The molecule has 1 saturated heterocycles. The number of hydrogen-bond donors (Lipinski definition) is 1. The Labute approximate surface area is 129 Å². The van der Waals surface area contributed by atoms with Crippen LogP contribution in [0.5, 0.6) is 0 Å². The Morgan fingerprint density at radius 1 is 1.38 bits per heavy atom. The number of alkyl halides is 1. The Hall–Kier alpha value is -1.17. The Morgan fingerprint density at radius 2 is 2.10 bits per heavy atom. The van der Waals surface area contributed by atoms with Crippen LogP contribution < -0.4 is 0 Å². The molecular weight excluding hydrogens is 292 g/mol. The summed E-state index contributed by atoms with van der Waals surface area (Å²) in [6, 6.07) is 6.82. The first kappa shape index (κ1) is 16.2. The fourth-order valence-electron chi connectivity index (χ4n) is 2.89. The predicted molar refractivity (Wildman–Crippen MR) is 82.6 cm³/mol. The van der Waals surface area contributed by atoms with Crippen LogP contribution in [0.3, 0.4) is 0 Å². The maximum atomic E-state index is 10.7. The predicted octanol–water partition coefficient (Wildman–Crippen LogP) is 3.11. The summed E-state index contributed by atoms with van der Waals surface area (Å²) in [5.41, 5.74) is 0.981. The van der Waals surface area contributed by atoms with Gasteiger partial charge in [0.05, 0.1) is 10.3 Å². The molecule has 1 aliphatic heterocycles. The van der Waals surface area contributed by atoms with Crippen LogP contribution in [0.4, 0.5) is 5.69 Å². The van der Waals surface area contributed by atoms with Gasteiger partial charge in [0, 0.05) is 31.3 Å². The van der Waals surface area contributed by atoms with Crippen molar-refractivity contribution in [2.75, 3.05) is 19.7 Å². The fourth-order valence-corrected chi connectivity index (χ4v) is 3.22. The number of nitrogens with zero attached hydrogens (tertiary/aromatic N) is 2. The number of nitro groups is 1. The summed E-state index contributed by atoms with van der Waals surface area (Å²) in [5, 5.41) is 19.6. The molecule has 1 fully saturated rings. The first-order valence-corrected chi connectivity index (χ1v) is 7.79. The zero-order chi connectivity index (χ0) is 15.2. The van der Waals surface area contributed by atoms with E-state index in [-0.39, 0.29) is 17.7 Å². The minimum absolute atomic E-state index is 0.0822. The van der Waals surface area contributed by atoms with Crippen LogP contribution in [0.2, 0.25) is 0 Å². The molecule has 1 aliphatic rings. The van der Waals surface area contributed by atoms with Crippen molar-refractivity contribution in [1.29, 1.82) is 0 Å². The highest BCUT2D eigenvalue weighted by molar-refractivity contribution is 6.21. The molecule has 0 spiro atoms. The molecule has 0 amide bonds. The molecular formula is C15H21ClN2O3. The second-order valence-corrected chi connectivity index (χ2v) is 6.00. The molecule has 2 unspecified atom stereocenters. The zero-order valence-corrected chi connectivity index (χ0v) is 12.7. The van der Waals surface area contributed by atoms with Gasteiger partial charge < -0.3 is 5.11 Å². The number of aliphatic hydroxyl groups excluding tert-OH is 1. The maximum Gasteiger partial charge on any atom is 0.269 e. The summed E-state index contributed by atoms with van der Waals surface area (Å²) >= 11 is 6.46. The molecule has 21 heavy (non-hydrogen) atoms. The van der Waals surface area contributed by atoms with E-state index >= 15 is 0 Å². The van der Waals surface area contributed by atoms with E-state index in [4.69, 9.17) is 16.7 Å². The molecule has 1 N–H and O–H groups in total. The van der Waals surface area contributed by atoms with Crippen molar-refractivity contribution >= 4 is 17.3 Å². The molecule has 5 nitrogen and oxygen atoms in total. The lowest BCUT2D eigenvalue weighted by Crippen LogP contribution is -2.41. The summed E-state index contributed by atoms with van der Waals surface area (Å²) in [5.74, 6) is 0. The minimum atomic E-state index is -0.408. The summed E-state index contributed by atoms with van der Waals surface area (Å²) in [4.78, 5) is 12.6. The van der Waals surface area contributed by atoms with Gasteiger partial charge in [-0.25, -0.2) is 0 Å². The fraction of sp³-hybridized carbons (Fsp3) is 0.600. The Kier molecular flexibility index (Phi) is 5.96. The third kappa shape index (κ3) is 4.40. The number of aliphatic hydroxyl groups is 1. The normalized spacial score (nSPS) is 21.1. The van der Waals surface area contributed by atoms with Crippen molar-refractivity contribution in [1.82, 2.24) is 4.90 Å². The molecule has 0 saturated carbocycles. The largest absolute Gasteiger partial charge is 0.396 e. The Bertz CT molecular complexity index is 464. The van der Waals surface area contributed by atoms with Crippen LogP contribution in [-0.2, 0) is 0 Å². The third-order valence-electron chi connectivity index (χ3n) is 4.07. The monoisotopic (exact) mass is 312 g/mol. The molecule has 0 radical (unpaired) electrons. The van der Waals surface area contributed by atoms with Crippen molar-refractivity contribution in [3.63, 3.8) is 0 Å². The molecule has 6 heteroatoms. The standard InChI is InChI=1S/C15H21ClN2O3/c16-15(12-4-6-14(7-5-12)18(20)21)11-17-9-2-1-3-13(17)8-10-19/h4-7,13,15,19H,1-3,8-11H2. The number of halogens is 1. The number of piperidine rings is 1. The molecule has 2 atom stereocenters. The number of non-ortho nitro benzene ring substituents is 1. The average Bonchev–Trinajstić information content (AvgIpc) is 2.49. The number of benzene rings is 1. The van der Waals surface area contributed by atoms with Gasteiger partial charge in [0.1, 0.15) is 0 Å². The van der Waals surface area contributed by atoms with Crippen LogP contribution in [0.15, 0.2) is 24.3 Å². The molecule has 0 aliphatic carbocycles. The van der Waals surface area contributed by atoms with Gasteiger partial charge in [-0.2, -0.15) is 0 Å². The lowest BCUT2D eigenvalue weighted by atomic mass is 9.98. The molecule has 0 aromatic heterocycles. The van der Waals surface area contributed by atoms with Gasteiger partial charge in [-0.3, -0.25) is 15.0 Å².